The zero-order valence-corrected chi connectivity index (χ0v) is 10.9. The molecule has 0 heterocycles. The predicted molar refractivity (Wildman–Crippen MR) is 65.6 cm³/mol. The molecule has 0 aromatic heterocycles. The second-order valence-corrected chi connectivity index (χ2v) is 4.92. The van der Waals surface area contributed by atoms with E-state index in [0.29, 0.717) is 0 Å². The number of Topliss-reactive ketones (excluding diaryl/α,β-unsaturated/α-hetero) is 1. The van der Waals surface area contributed by atoms with Gasteiger partial charge in [-0.15, -0.1) is 0 Å². The summed E-state index contributed by atoms with van der Waals surface area (Å²) in [7, 11) is 0. The Labute approximate surface area is 107 Å². The fraction of sp³-hybridized carbons (Fsp3) is 0. The lowest BCUT2D eigenvalue weighted by atomic mass is 9.92. The molecular weight excluding hydrogens is 342 g/mol. The number of hydrogen-bond donors (Lipinski definition) is 3. The number of fused-ring (bicyclic) bond motifs is 1. The minimum absolute atomic E-state index is 0.0319. The Hall–Kier alpha value is -1.14. The molecule has 0 fully saturated rings. The number of phenols is 2. The lowest BCUT2D eigenvalue weighted by Gasteiger charge is -2.17. The van der Waals surface area contributed by atoms with E-state index < -0.39 is 5.78 Å². The van der Waals surface area contributed by atoms with Crippen molar-refractivity contribution in [3.63, 3.8) is 0 Å². The lowest BCUT2D eigenvalue weighted by Crippen LogP contribution is -2.15. The molecule has 16 heavy (non-hydrogen) atoms. The molecule has 0 saturated carbocycles. The Morgan fingerprint density at radius 2 is 1.81 bits per heavy atom. The van der Waals surface area contributed by atoms with E-state index in [4.69, 9.17) is 5.41 Å². The van der Waals surface area contributed by atoms with Crippen LogP contribution in [0.15, 0.2) is 21.1 Å². The van der Waals surface area contributed by atoms with Crippen molar-refractivity contribution in [2.45, 2.75) is 0 Å². The standard InChI is InChI=1S/C10H5Br2NO3/c11-3-1-5(13)7-8(10(3)16)6(14)2-4(12)9(7)15/h1-2,13-15H. The fourth-order valence-corrected chi connectivity index (χ4v) is 2.34. The third-order valence-electron chi connectivity index (χ3n) is 2.22. The average Bonchev–Trinajstić information content (AvgIpc) is 2.20. The highest BCUT2D eigenvalue weighted by Gasteiger charge is 2.29. The number of nitrogens with one attached hydrogen (secondary N) is 1. The van der Waals surface area contributed by atoms with E-state index in [1.165, 1.54) is 12.1 Å². The number of benzene rings is 1. The summed E-state index contributed by atoms with van der Waals surface area (Å²) >= 11 is 6.04. The van der Waals surface area contributed by atoms with Gasteiger partial charge in [-0.2, -0.15) is 0 Å². The van der Waals surface area contributed by atoms with Crippen molar-refractivity contribution in [2.24, 2.45) is 0 Å². The summed E-state index contributed by atoms with van der Waals surface area (Å²) in [6.45, 7) is 0. The Morgan fingerprint density at radius 1 is 1.19 bits per heavy atom. The minimum atomic E-state index is -0.452. The monoisotopic (exact) mass is 345 g/mol. The molecular formula is C10H5Br2NO3. The second kappa shape index (κ2) is 3.71. The summed E-state index contributed by atoms with van der Waals surface area (Å²) in [5.41, 5.74) is -0.0456. The number of aromatic hydroxyl groups is 2. The van der Waals surface area contributed by atoms with Crippen LogP contribution in [-0.4, -0.2) is 21.7 Å². The van der Waals surface area contributed by atoms with Gasteiger partial charge < -0.3 is 15.6 Å². The highest BCUT2D eigenvalue weighted by molar-refractivity contribution is 9.12. The van der Waals surface area contributed by atoms with Crippen molar-refractivity contribution in [3.05, 3.63) is 32.2 Å². The van der Waals surface area contributed by atoms with Gasteiger partial charge >= 0.3 is 0 Å². The summed E-state index contributed by atoms with van der Waals surface area (Å²) in [6.07, 6.45) is 1.29. The van der Waals surface area contributed by atoms with Crippen LogP contribution in [0.5, 0.6) is 11.5 Å². The molecule has 82 valence electrons. The maximum absolute atomic E-state index is 11.7. The molecule has 0 spiro atoms. The van der Waals surface area contributed by atoms with Gasteiger partial charge in [0.2, 0.25) is 5.78 Å². The molecule has 2 rings (SSSR count). The predicted octanol–water partition coefficient (Wildman–Crippen LogP) is 2.70. The molecule has 0 radical (unpaired) electrons. The zero-order valence-electron chi connectivity index (χ0n) is 7.71. The van der Waals surface area contributed by atoms with Gasteiger partial charge in [0.05, 0.1) is 25.8 Å². The highest BCUT2D eigenvalue weighted by atomic mass is 79.9. The molecule has 0 saturated heterocycles. The van der Waals surface area contributed by atoms with Crippen molar-refractivity contribution in [2.75, 3.05) is 0 Å². The molecule has 0 unspecified atom stereocenters. The summed E-state index contributed by atoms with van der Waals surface area (Å²) < 4.78 is 0.426. The quantitative estimate of drug-likeness (QED) is 0.632. The molecule has 0 aliphatic heterocycles. The largest absolute Gasteiger partial charge is 0.507 e. The van der Waals surface area contributed by atoms with E-state index in [1.807, 2.05) is 0 Å². The van der Waals surface area contributed by atoms with Crippen LogP contribution >= 0.6 is 31.9 Å². The molecule has 1 aliphatic rings. The van der Waals surface area contributed by atoms with E-state index in [-0.39, 0.29) is 37.3 Å². The molecule has 1 aliphatic carbocycles. The van der Waals surface area contributed by atoms with Crippen molar-refractivity contribution in [1.82, 2.24) is 0 Å². The molecule has 6 heteroatoms. The number of halogens is 2. The first-order valence-corrected chi connectivity index (χ1v) is 5.77. The molecule has 1 aromatic carbocycles. The molecule has 0 amide bonds. The summed E-state index contributed by atoms with van der Waals surface area (Å²) in [5.74, 6) is -0.937. The van der Waals surface area contributed by atoms with Crippen molar-refractivity contribution in [3.8, 4) is 11.5 Å². The van der Waals surface area contributed by atoms with Gasteiger partial charge in [0.15, 0.2) is 0 Å². The van der Waals surface area contributed by atoms with Crippen molar-refractivity contribution in [1.29, 1.82) is 5.41 Å². The first-order valence-electron chi connectivity index (χ1n) is 4.18. The van der Waals surface area contributed by atoms with E-state index >= 15 is 0 Å². The summed E-state index contributed by atoms with van der Waals surface area (Å²) in [4.78, 5) is 11.7. The minimum Gasteiger partial charge on any atom is -0.507 e. The number of carbonyl (C=O) groups is 1. The first kappa shape index (κ1) is 11.3. The van der Waals surface area contributed by atoms with Crippen LogP contribution in [0.25, 0.3) is 0 Å². The van der Waals surface area contributed by atoms with Crippen molar-refractivity contribution < 1.29 is 15.0 Å². The van der Waals surface area contributed by atoms with Gasteiger partial charge in [-0.1, -0.05) is 0 Å². The number of carbonyl (C=O) groups excluding carboxylic acids is 1. The summed E-state index contributed by atoms with van der Waals surface area (Å²) in [6, 6.07) is 1.23. The molecule has 0 bridgehead atoms. The maximum Gasteiger partial charge on any atom is 0.204 e. The van der Waals surface area contributed by atoms with Crippen LogP contribution in [0, 0.1) is 5.41 Å². The highest BCUT2D eigenvalue weighted by Crippen LogP contribution is 2.40. The molecule has 3 N–H and O–H groups in total. The maximum atomic E-state index is 11.7. The molecule has 1 aromatic rings. The van der Waals surface area contributed by atoms with Crippen LogP contribution in [0.3, 0.4) is 0 Å². The van der Waals surface area contributed by atoms with Gasteiger partial charge in [-0.25, -0.2) is 0 Å². The second-order valence-electron chi connectivity index (χ2n) is 3.21. The van der Waals surface area contributed by atoms with E-state index in [1.54, 1.807) is 0 Å². The molecule has 4 nitrogen and oxygen atoms in total. The third-order valence-corrected chi connectivity index (χ3v) is 3.41. The van der Waals surface area contributed by atoms with Crippen LogP contribution in [0.1, 0.15) is 15.9 Å². The summed E-state index contributed by atoms with van der Waals surface area (Å²) in [5, 5.41) is 27.1. The van der Waals surface area contributed by atoms with Crippen molar-refractivity contribution >= 4 is 43.4 Å². The van der Waals surface area contributed by atoms with Crippen LogP contribution in [-0.2, 0) is 0 Å². The Bertz CT molecular complexity index is 564. The number of ketones is 1. The normalized spacial score (nSPS) is 14.8. The van der Waals surface area contributed by atoms with Gasteiger partial charge in [0.1, 0.15) is 11.5 Å². The Kier molecular flexibility index (Phi) is 2.63. The van der Waals surface area contributed by atoms with Crippen LogP contribution in [0.4, 0.5) is 0 Å². The smallest absolute Gasteiger partial charge is 0.204 e. The van der Waals surface area contributed by atoms with Gasteiger partial charge in [-0.05, 0) is 44.0 Å². The lowest BCUT2D eigenvalue weighted by molar-refractivity contribution is 0.104. The topological polar surface area (TPSA) is 81.4 Å². The zero-order chi connectivity index (χ0) is 12.0. The van der Waals surface area contributed by atoms with Gasteiger partial charge in [-0.3, -0.25) is 4.79 Å². The molecule has 0 atom stereocenters. The number of rotatable bonds is 0. The average molecular weight is 347 g/mol. The third kappa shape index (κ3) is 1.49. The fourth-order valence-electron chi connectivity index (χ4n) is 1.50. The number of phenolic OH excluding ortho intramolecular Hbond substituents is 2. The number of allylic oxidation sites excluding steroid dienone is 2. The van der Waals surface area contributed by atoms with E-state index in [2.05, 4.69) is 31.9 Å². The van der Waals surface area contributed by atoms with Crippen LogP contribution < -0.4 is 0 Å². The van der Waals surface area contributed by atoms with Gasteiger partial charge in [0.25, 0.3) is 0 Å². The number of hydrogen-bond acceptors (Lipinski definition) is 4. The van der Waals surface area contributed by atoms with Crippen LogP contribution in [0.2, 0.25) is 0 Å². The Morgan fingerprint density at radius 3 is 2.44 bits per heavy atom. The van der Waals surface area contributed by atoms with E-state index in [0.717, 1.165) is 0 Å². The van der Waals surface area contributed by atoms with E-state index in [9.17, 15) is 15.0 Å². The Balaban J connectivity index is 2.87. The van der Waals surface area contributed by atoms with Gasteiger partial charge in [0, 0.05) is 0 Å². The SMILES string of the molecule is N=C1C=C(Br)C(=O)c2c(O)cc(Br)c(O)c21. The first-order chi connectivity index (χ1) is 7.43.